The zero-order valence-corrected chi connectivity index (χ0v) is 12.5. The maximum absolute atomic E-state index is 11.9. The Bertz CT molecular complexity index is 580. The lowest BCUT2D eigenvalue weighted by molar-refractivity contribution is -0.280. The highest BCUT2D eigenvalue weighted by atomic mass is 17.2. The van der Waals surface area contributed by atoms with Crippen molar-refractivity contribution in [2.45, 2.75) is 30.7 Å². The van der Waals surface area contributed by atoms with Crippen LogP contribution in [0.2, 0.25) is 0 Å². The van der Waals surface area contributed by atoms with Crippen LogP contribution in [0.5, 0.6) is 0 Å². The number of nitrogens with two attached hydrogens (primary N) is 3. The molecule has 1 rings (SSSR count). The van der Waals surface area contributed by atoms with Crippen molar-refractivity contribution in [3.63, 3.8) is 0 Å². The summed E-state index contributed by atoms with van der Waals surface area (Å²) < 4.78 is 4.52. The second kappa shape index (κ2) is 8.34. The number of aliphatic hydroxyl groups excluding tert-OH is 1. The van der Waals surface area contributed by atoms with Gasteiger partial charge in [0.2, 0.25) is 0 Å². The summed E-state index contributed by atoms with van der Waals surface area (Å²) in [5.41, 5.74) is 13.0. The summed E-state index contributed by atoms with van der Waals surface area (Å²) >= 11 is 0. The molecule has 0 bridgehead atoms. The second-order valence-electron chi connectivity index (χ2n) is 4.77. The molecule has 25 heavy (non-hydrogen) atoms. The van der Waals surface area contributed by atoms with E-state index in [9.17, 15) is 24.0 Å². The lowest BCUT2D eigenvalue weighted by atomic mass is 10.1. The van der Waals surface area contributed by atoms with Gasteiger partial charge in [-0.05, 0) is 0 Å². The van der Waals surface area contributed by atoms with Gasteiger partial charge in [0.1, 0.15) is 18.5 Å². The van der Waals surface area contributed by atoms with Crippen molar-refractivity contribution in [2.75, 3.05) is 6.61 Å². The molecule has 14 nitrogen and oxygen atoms in total. The molecule has 1 fully saturated rings. The Morgan fingerprint density at radius 1 is 1.20 bits per heavy atom. The van der Waals surface area contributed by atoms with Crippen molar-refractivity contribution in [3.05, 3.63) is 0 Å². The Kier molecular flexibility index (Phi) is 6.75. The van der Waals surface area contributed by atoms with Gasteiger partial charge < -0.3 is 21.3 Å². The van der Waals surface area contributed by atoms with Crippen LogP contribution in [-0.4, -0.2) is 59.4 Å². The van der Waals surface area contributed by atoms with Gasteiger partial charge in [0.25, 0.3) is 5.72 Å². The molecule has 0 amide bonds. The van der Waals surface area contributed by atoms with Crippen LogP contribution < -0.4 is 17.2 Å². The Labute approximate surface area is 138 Å². The zero-order valence-electron chi connectivity index (χ0n) is 12.5. The highest BCUT2D eigenvalue weighted by Crippen LogP contribution is 2.16. The van der Waals surface area contributed by atoms with Crippen LogP contribution in [0, 0.1) is 0 Å². The molecule has 1 aliphatic heterocycles. The molecule has 1 heterocycles. The first-order chi connectivity index (χ1) is 11.6. The first kappa shape index (κ1) is 20.2. The molecule has 140 valence electrons. The fraction of sp³-hybridized carbons (Fsp3) is 0.545. The van der Waals surface area contributed by atoms with Gasteiger partial charge in [-0.1, -0.05) is 0 Å². The van der Waals surface area contributed by atoms with E-state index in [0.717, 1.165) is 0 Å². The monoisotopic (exact) mass is 365 g/mol. The van der Waals surface area contributed by atoms with Crippen molar-refractivity contribution < 1.29 is 53.4 Å². The van der Waals surface area contributed by atoms with Gasteiger partial charge in [-0.2, -0.15) is 0 Å². The Balaban J connectivity index is 3.02. The van der Waals surface area contributed by atoms with Gasteiger partial charge in [0.05, 0.1) is 13.0 Å². The number of aliphatic hydroxyl groups is 1. The van der Waals surface area contributed by atoms with Crippen molar-refractivity contribution >= 4 is 29.8 Å². The number of hydrogen-bond donors (Lipinski definition) is 4. The number of hydrogen-bond acceptors (Lipinski definition) is 14. The van der Waals surface area contributed by atoms with Gasteiger partial charge in [-0.3, -0.25) is 10.5 Å². The maximum Gasteiger partial charge on any atom is 0.414 e. The predicted molar refractivity (Wildman–Crippen MR) is 69.6 cm³/mol. The molecule has 1 saturated heterocycles. The molecule has 1 aliphatic rings. The van der Waals surface area contributed by atoms with Crippen molar-refractivity contribution in [2.24, 2.45) is 17.2 Å². The fourth-order valence-corrected chi connectivity index (χ4v) is 1.32. The van der Waals surface area contributed by atoms with Crippen LogP contribution in [0.4, 0.5) is 0 Å². The number of rotatable bonds is 3. The van der Waals surface area contributed by atoms with Gasteiger partial charge in [0, 0.05) is 0 Å². The third kappa shape index (κ3) is 5.64. The molecule has 0 saturated carbocycles. The molecule has 0 aromatic carbocycles. The van der Waals surface area contributed by atoms with E-state index in [1.165, 1.54) is 0 Å². The van der Waals surface area contributed by atoms with Gasteiger partial charge in [-0.15, -0.1) is 0 Å². The third-order valence-corrected chi connectivity index (χ3v) is 2.65. The number of ether oxygens (including phenoxy) is 1. The normalized spacial score (nSPS) is 26.8. The van der Waals surface area contributed by atoms with Crippen molar-refractivity contribution in [1.29, 1.82) is 0 Å². The topological polar surface area (TPSA) is 230 Å². The molecule has 0 aromatic heterocycles. The lowest BCUT2D eigenvalue weighted by Gasteiger charge is -2.26. The summed E-state index contributed by atoms with van der Waals surface area (Å²) in [4.78, 5) is 74.0. The molecule has 0 spiro atoms. The van der Waals surface area contributed by atoms with E-state index < -0.39 is 67.1 Å². The van der Waals surface area contributed by atoms with E-state index in [0.29, 0.717) is 0 Å². The average Bonchev–Trinajstić information content (AvgIpc) is 2.55. The summed E-state index contributed by atoms with van der Waals surface area (Å²) in [6.45, 7) is -0.865. The number of carbonyl (C=O) groups excluding carboxylic acids is 5. The molecular formula is C11H15N3O11. The van der Waals surface area contributed by atoms with Crippen LogP contribution in [0.25, 0.3) is 0 Å². The van der Waals surface area contributed by atoms with E-state index in [1.807, 2.05) is 0 Å². The van der Waals surface area contributed by atoms with E-state index in [4.69, 9.17) is 22.3 Å². The average molecular weight is 365 g/mol. The van der Waals surface area contributed by atoms with Gasteiger partial charge in [-0.25, -0.2) is 38.7 Å². The minimum absolute atomic E-state index is 0.752. The summed E-state index contributed by atoms with van der Waals surface area (Å²) in [6.07, 6.45) is -1.95. The third-order valence-electron chi connectivity index (χ3n) is 2.65. The lowest BCUT2D eigenvalue weighted by Crippen LogP contribution is -2.57. The van der Waals surface area contributed by atoms with Crippen LogP contribution >= 0.6 is 0 Å². The fourth-order valence-electron chi connectivity index (χ4n) is 1.32. The second-order valence-corrected chi connectivity index (χ2v) is 4.77. The maximum atomic E-state index is 11.9. The Morgan fingerprint density at radius 3 is 2.40 bits per heavy atom. The molecule has 14 heteroatoms. The van der Waals surface area contributed by atoms with Gasteiger partial charge in [0.15, 0.2) is 0 Å². The number of carbonyl (C=O) groups is 5. The zero-order chi connectivity index (χ0) is 19.2. The minimum atomic E-state index is -2.86. The number of esters is 1. The molecule has 7 N–H and O–H groups in total. The Hall–Kier alpha value is -2.81. The Morgan fingerprint density at radius 2 is 1.80 bits per heavy atom. The van der Waals surface area contributed by atoms with E-state index >= 15 is 0 Å². The van der Waals surface area contributed by atoms with E-state index in [1.54, 1.807) is 0 Å². The SMILES string of the molecule is NC1CC(=O)OOC(=O)CC(N)(OC(=O)C(N)CO)C(=O)OOC1=O. The summed E-state index contributed by atoms with van der Waals surface area (Å²) in [5, 5.41) is 8.77. The van der Waals surface area contributed by atoms with Crippen LogP contribution in [0.15, 0.2) is 0 Å². The van der Waals surface area contributed by atoms with Gasteiger partial charge >= 0.3 is 29.8 Å². The molecule has 3 unspecified atom stereocenters. The predicted octanol–water partition coefficient (Wildman–Crippen LogP) is -4.37. The highest BCUT2D eigenvalue weighted by molar-refractivity contribution is 5.90. The minimum Gasteiger partial charge on any atom is -0.430 e. The summed E-state index contributed by atoms with van der Waals surface area (Å²) in [5.74, 6) is -7.08. The van der Waals surface area contributed by atoms with Crippen LogP contribution in [0.1, 0.15) is 12.8 Å². The largest absolute Gasteiger partial charge is 0.430 e. The van der Waals surface area contributed by atoms with E-state index in [-0.39, 0.29) is 0 Å². The standard InChI is InChI=1S/C11H15N3O11/c12-4-1-6(16)22-23-7(17)2-11(14,10(20)25-24-9(4)19)21-8(18)5(13)3-15/h4-5,15H,1-3,12-14H2. The summed E-state index contributed by atoms with van der Waals surface area (Å²) in [6, 6.07) is -3.21. The van der Waals surface area contributed by atoms with Crippen molar-refractivity contribution in [3.8, 4) is 0 Å². The molecule has 0 aliphatic carbocycles. The summed E-state index contributed by atoms with van der Waals surface area (Å²) in [7, 11) is 0. The smallest absolute Gasteiger partial charge is 0.414 e. The molecule has 0 radical (unpaired) electrons. The molecular weight excluding hydrogens is 350 g/mol. The van der Waals surface area contributed by atoms with Crippen molar-refractivity contribution in [1.82, 2.24) is 0 Å². The first-order valence-electron chi connectivity index (χ1n) is 6.55. The van der Waals surface area contributed by atoms with Crippen LogP contribution in [-0.2, 0) is 48.3 Å². The quantitative estimate of drug-likeness (QED) is 0.210. The molecule has 0 aromatic rings. The molecule has 3 atom stereocenters. The van der Waals surface area contributed by atoms with E-state index in [2.05, 4.69) is 24.3 Å². The van der Waals surface area contributed by atoms with Crippen LogP contribution in [0.3, 0.4) is 0 Å². The highest BCUT2D eigenvalue weighted by Gasteiger charge is 2.46. The first-order valence-corrected chi connectivity index (χ1v) is 6.55.